The number of benzene rings is 1. The summed E-state index contributed by atoms with van der Waals surface area (Å²) in [5.74, 6) is 1.05. The molecule has 3 heteroatoms. The Morgan fingerprint density at radius 3 is 3.00 bits per heavy atom. The second-order valence-corrected chi connectivity index (χ2v) is 4.55. The minimum Gasteiger partial charge on any atom is -0.360 e. The third-order valence-corrected chi connectivity index (χ3v) is 3.24. The summed E-state index contributed by atoms with van der Waals surface area (Å²) in [5.41, 5.74) is 4.72. The lowest BCUT2D eigenvalue weighted by atomic mass is 10.0. The van der Waals surface area contributed by atoms with Gasteiger partial charge in [-0.05, 0) is 26.0 Å². The number of rotatable bonds is 1. The Bertz CT molecular complexity index is 531. The van der Waals surface area contributed by atoms with Crippen LogP contribution in [0.25, 0.3) is 11.3 Å². The maximum atomic E-state index is 5.47. The summed E-state index contributed by atoms with van der Waals surface area (Å²) < 4.78 is 5.47. The summed E-state index contributed by atoms with van der Waals surface area (Å²) in [5, 5.41) is 7.63. The van der Waals surface area contributed by atoms with Crippen LogP contribution in [0.3, 0.4) is 0 Å². The summed E-state index contributed by atoms with van der Waals surface area (Å²) in [6, 6.07) is 8.43. The van der Waals surface area contributed by atoms with E-state index in [1.54, 1.807) is 0 Å². The van der Waals surface area contributed by atoms with Crippen LogP contribution in [0.1, 0.15) is 16.9 Å². The van der Waals surface area contributed by atoms with Gasteiger partial charge in [0.1, 0.15) is 11.5 Å². The molecule has 0 bridgehead atoms. The van der Waals surface area contributed by atoms with Crippen LogP contribution in [0, 0.1) is 6.92 Å². The molecular formula is C14H16N2O. The van der Waals surface area contributed by atoms with E-state index in [-0.39, 0.29) is 0 Å². The summed E-state index contributed by atoms with van der Waals surface area (Å²) in [6.45, 7) is 4.09. The smallest absolute Gasteiger partial charge is 0.141 e. The highest BCUT2D eigenvalue weighted by atomic mass is 16.5. The van der Waals surface area contributed by atoms with Gasteiger partial charge in [0.05, 0.1) is 0 Å². The molecule has 0 spiro atoms. The van der Waals surface area contributed by atoms with Gasteiger partial charge in [-0.15, -0.1) is 0 Å². The predicted octanol–water partition coefficient (Wildman–Crippen LogP) is 2.34. The van der Waals surface area contributed by atoms with Gasteiger partial charge in [-0.3, -0.25) is 0 Å². The van der Waals surface area contributed by atoms with Gasteiger partial charge in [-0.2, -0.15) is 0 Å². The number of hydrogen-bond donors (Lipinski definition) is 1. The van der Waals surface area contributed by atoms with E-state index < -0.39 is 0 Å². The summed E-state index contributed by atoms with van der Waals surface area (Å²) >= 11 is 0. The zero-order chi connectivity index (χ0) is 11.7. The zero-order valence-electron chi connectivity index (χ0n) is 9.99. The van der Waals surface area contributed by atoms with E-state index in [1.165, 1.54) is 11.1 Å². The molecule has 3 nitrogen and oxygen atoms in total. The van der Waals surface area contributed by atoms with Crippen molar-refractivity contribution in [2.75, 3.05) is 13.1 Å². The molecule has 0 atom stereocenters. The fourth-order valence-electron chi connectivity index (χ4n) is 2.36. The van der Waals surface area contributed by atoms with Crippen LogP contribution in [-0.4, -0.2) is 18.2 Å². The molecule has 2 heterocycles. The average molecular weight is 228 g/mol. The van der Waals surface area contributed by atoms with Gasteiger partial charge >= 0.3 is 0 Å². The molecule has 88 valence electrons. The third kappa shape index (κ3) is 1.98. The molecule has 0 saturated carbocycles. The van der Waals surface area contributed by atoms with Crippen LogP contribution >= 0.6 is 0 Å². The number of hydrogen-bond acceptors (Lipinski definition) is 3. The van der Waals surface area contributed by atoms with Crippen molar-refractivity contribution in [2.45, 2.75) is 19.8 Å². The van der Waals surface area contributed by atoms with Crippen molar-refractivity contribution in [3.63, 3.8) is 0 Å². The number of aryl methyl sites for hydroxylation is 1. The largest absolute Gasteiger partial charge is 0.360 e. The van der Waals surface area contributed by atoms with Gasteiger partial charge in [-0.25, -0.2) is 0 Å². The minimum absolute atomic E-state index is 0.939. The lowest BCUT2D eigenvalue weighted by Gasteiger charge is -2.02. The van der Waals surface area contributed by atoms with Crippen LogP contribution < -0.4 is 5.32 Å². The minimum atomic E-state index is 0.939. The molecule has 0 radical (unpaired) electrons. The molecule has 2 aromatic rings. The normalized spacial score (nSPS) is 15.4. The molecule has 0 amide bonds. The van der Waals surface area contributed by atoms with E-state index in [4.69, 9.17) is 4.52 Å². The Morgan fingerprint density at radius 2 is 2.12 bits per heavy atom. The van der Waals surface area contributed by atoms with Crippen molar-refractivity contribution in [1.29, 1.82) is 0 Å². The van der Waals surface area contributed by atoms with Crippen molar-refractivity contribution in [1.82, 2.24) is 10.5 Å². The van der Waals surface area contributed by atoms with E-state index in [1.807, 2.05) is 0 Å². The van der Waals surface area contributed by atoms with Gasteiger partial charge in [0.2, 0.25) is 0 Å². The van der Waals surface area contributed by atoms with Gasteiger partial charge in [0, 0.05) is 24.1 Å². The Morgan fingerprint density at radius 1 is 1.24 bits per heavy atom. The maximum Gasteiger partial charge on any atom is 0.141 e. The van der Waals surface area contributed by atoms with E-state index >= 15 is 0 Å². The topological polar surface area (TPSA) is 38.1 Å². The molecule has 1 aromatic carbocycles. The molecular weight excluding hydrogens is 212 g/mol. The van der Waals surface area contributed by atoms with E-state index in [0.717, 1.165) is 42.9 Å². The molecule has 0 unspecified atom stereocenters. The number of nitrogens with zero attached hydrogens (tertiary/aromatic N) is 1. The highest BCUT2D eigenvalue weighted by molar-refractivity contribution is 5.64. The van der Waals surface area contributed by atoms with Crippen molar-refractivity contribution in [3.8, 4) is 11.3 Å². The molecule has 1 aliphatic heterocycles. The van der Waals surface area contributed by atoms with E-state index in [0.29, 0.717) is 0 Å². The average Bonchev–Trinajstić information content (AvgIpc) is 2.59. The van der Waals surface area contributed by atoms with Crippen molar-refractivity contribution in [2.24, 2.45) is 0 Å². The van der Waals surface area contributed by atoms with Gasteiger partial charge in [-0.1, -0.05) is 28.9 Å². The first-order valence-corrected chi connectivity index (χ1v) is 6.10. The summed E-state index contributed by atoms with van der Waals surface area (Å²) in [7, 11) is 0. The molecule has 3 rings (SSSR count). The predicted molar refractivity (Wildman–Crippen MR) is 67.0 cm³/mol. The quantitative estimate of drug-likeness (QED) is 0.814. The van der Waals surface area contributed by atoms with Gasteiger partial charge in [0.15, 0.2) is 0 Å². The van der Waals surface area contributed by atoms with Gasteiger partial charge < -0.3 is 9.84 Å². The van der Waals surface area contributed by atoms with Crippen molar-refractivity contribution < 1.29 is 4.52 Å². The molecule has 1 N–H and O–H groups in total. The fourth-order valence-corrected chi connectivity index (χ4v) is 2.36. The first-order chi connectivity index (χ1) is 8.34. The molecule has 0 fully saturated rings. The van der Waals surface area contributed by atoms with E-state index in [9.17, 15) is 0 Å². The lowest BCUT2D eigenvalue weighted by Crippen LogP contribution is -2.16. The Kier molecular flexibility index (Phi) is 2.69. The van der Waals surface area contributed by atoms with E-state index in [2.05, 4.69) is 41.7 Å². The van der Waals surface area contributed by atoms with Gasteiger partial charge in [0.25, 0.3) is 0 Å². The fraction of sp³-hybridized carbons (Fsp3) is 0.357. The van der Waals surface area contributed by atoms with Crippen LogP contribution in [-0.2, 0) is 12.8 Å². The van der Waals surface area contributed by atoms with Crippen LogP contribution in [0.2, 0.25) is 0 Å². The highest BCUT2D eigenvalue weighted by Gasteiger charge is 2.18. The molecule has 1 aromatic heterocycles. The van der Waals surface area contributed by atoms with Crippen LogP contribution in [0.15, 0.2) is 28.8 Å². The first kappa shape index (κ1) is 10.5. The second kappa shape index (κ2) is 4.34. The highest BCUT2D eigenvalue weighted by Crippen LogP contribution is 2.27. The first-order valence-electron chi connectivity index (χ1n) is 6.10. The summed E-state index contributed by atoms with van der Waals surface area (Å²) in [4.78, 5) is 0. The monoisotopic (exact) mass is 228 g/mol. The summed E-state index contributed by atoms with van der Waals surface area (Å²) in [6.07, 6.45) is 1.94. The number of aromatic nitrogens is 1. The van der Waals surface area contributed by atoms with Crippen molar-refractivity contribution >= 4 is 0 Å². The third-order valence-electron chi connectivity index (χ3n) is 3.24. The lowest BCUT2D eigenvalue weighted by molar-refractivity contribution is 0.384. The number of nitrogens with one attached hydrogen (secondary N) is 1. The second-order valence-electron chi connectivity index (χ2n) is 4.55. The Hall–Kier alpha value is -1.61. The Labute approximate surface area is 101 Å². The molecule has 1 aliphatic rings. The van der Waals surface area contributed by atoms with Crippen molar-refractivity contribution in [3.05, 3.63) is 41.2 Å². The molecule has 0 aliphatic carbocycles. The molecule has 0 saturated heterocycles. The maximum absolute atomic E-state index is 5.47. The molecule has 17 heavy (non-hydrogen) atoms. The SMILES string of the molecule is Cc1cccc(-c2noc3c2CCNCC3)c1. The van der Waals surface area contributed by atoms with Crippen LogP contribution in [0.4, 0.5) is 0 Å². The Balaban J connectivity index is 2.06. The standard InChI is InChI=1S/C14H16N2O/c1-10-3-2-4-11(9-10)14-12-5-7-15-8-6-13(12)17-16-14/h2-4,9,15H,5-8H2,1H3. The number of fused-ring (bicyclic) bond motifs is 1. The zero-order valence-corrected chi connectivity index (χ0v) is 9.99. The van der Waals surface area contributed by atoms with Crippen LogP contribution in [0.5, 0.6) is 0 Å².